The van der Waals surface area contributed by atoms with Gasteiger partial charge in [-0.25, -0.2) is 4.79 Å². The van der Waals surface area contributed by atoms with Crippen LogP contribution in [-0.4, -0.2) is 34.8 Å². The summed E-state index contributed by atoms with van der Waals surface area (Å²) in [6.07, 6.45) is 2.23. The Morgan fingerprint density at radius 3 is 2.63 bits per heavy atom. The van der Waals surface area contributed by atoms with Crippen LogP contribution < -0.4 is 0 Å². The Labute approximate surface area is 165 Å². The van der Waals surface area contributed by atoms with E-state index in [0.717, 1.165) is 35.6 Å². The molecule has 1 aliphatic rings. The smallest absolute Gasteiger partial charge is 0.355 e. The van der Waals surface area contributed by atoms with Gasteiger partial charge in [-0.3, -0.25) is 4.79 Å². The summed E-state index contributed by atoms with van der Waals surface area (Å²) in [7, 11) is 0. The summed E-state index contributed by atoms with van der Waals surface area (Å²) >= 11 is 1.74. The van der Waals surface area contributed by atoms with Crippen molar-refractivity contribution in [1.29, 1.82) is 0 Å². The van der Waals surface area contributed by atoms with Crippen molar-refractivity contribution in [3.05, 3.63) is 57.9 Å². The number of Topliss-reactive ketones (excluding diaryl/α,β-unsaturated/α-hetero) is 1. The van der Waals surface area contributed by atoms with E-state index < -0.39 is 0 Å². The zero-order chi connectivity index (χ0) is 19.4. The number of aryl methyl sites for hydroxylation is 1. The first kappa shape index (κ1) is 19.7. The van der Waals surface area contributed by atoms with Gasteiger partial charge in [0.05, 0.1) is 0 Å². The summed E-state index contributed by atoms with van der Waals surface area (Å²) in [4.78, 5) is 28.4. The summed E-state index contributed by atoms with van der Waals surface area (Å²) in [5.74, 6) is 1.68. The number of aromatic amines is 1. The van der Waals surface area contributed by atoms with Crippen LogP contribution in [0.3, 0.4) is 0 Å². The molecule has 0 amide bonds. The molecule has 2 aromatic rings. The largest absolute Gasteiger partial charge is 0.460 e. The van der Waals surface area contributed by atoms with Crippen molar-refractivity contribution in [3.8, 4) is 0 Å². The van der Waals surface area contributed by atoms with Crippen LogP contribution in [0.15, 0.2) is 24.3 Å². The number of rotatable bonds is 7. The zero-order valence-corrected chi connectivity index (χ0v) is 17.1. The molecule has 1 atom stereocenters. The SMILES string of the molecule is CCSCCOC(=O)c1[nH]c2c(c1C)C(=O)C[C@H](c1ccc(CC)cc1)C2. The van der Waals surface area contributed by atoms with Crippen LogP contribution in [0.1, 0.15) is 69.4 Å². The average Bonchev–Trinajstić information content (AvgIpc) is 3.02. The van der Waals surface area contributed by atoms with Crippen molar-refractivity contribution < 1.29 is 14.3 Å². The van der Waals surface area contributed by atoms with Gasteiger partial charge >= 0.3 is 5.97 Å². The van der Waals surface area contributed by atoms with E-state index in [1.807, 2.05) is 6.92 Å². The van der Waals surface area contributed by atoms with Gasteiger partial charge in [-0.1, -0.05) is 38.1 Å². The number of carbonyl (C=O) groups excluding carboxylic acids is 2. The molecule has 0 aliphatic heterocycles. The molecular weight excluding hydrogens is 358 g/mol. The van der Waals surface area contributed by atoms with E-state index in [4.69, 9.17) is 4.74 Å². The summed E-state index contributed by atoms with van der Waals surface area (Å²) in [5.41, 5.74) is 5.18. The number of ether oxygens (including phenoxy) is 1. The zero-order valence-electron chi connectivity index (χ0n) is 16.3. The lowest BCUT2D eigenvalue weighted by molar-refractivity contribution is 0.0523. The van der Waals surface area contributed by atoms with Crippen LogP contribution in [0.2, 0.25) is 0 Å². The fraction of sp³-hybridized carbons (Fsp3) is 0.455. The molecule has 27 heavy (non-hydrogen) atoms. The lowest BCUT2D eigenvalue weighted by Gasteiger charge is -2.22. The standard InChI is InChI=1S/C22H27NO3S/c1-4-15-6-8-16(9-7-15)17-12-18-20(19(24)13-17)14(3)21(23-18)22(25)26-10-11-27-5-2/h6-9,17,23H,4-5,10-13H2,1-3H3/t17-/m1/s1. The van der Waals surface area contributed by atoms with Crippen LogP contribution >= 0.6 is 11.8 Å². The molecular formula is C22H27NO3S. The Morgan fingerprint density at radius 2 is 1.96 bits per heavy atom. The molecule has 0 fully saturated rings. The summed E-state index contributed by atoms with van der Waals surface area (Å²) in [5, 5.41) is 0. The van der Waals surface area contributed by atoms with Gasteiger partial charge in [-0.15, -0.1) is 0 Å². The van der Waals surface area contributed by atoms with Gasteiger partial charge < -0.3 is 9.72 Å². The Kier molecular flexibility index (Phi) is 6.42. The minimum atomic E-state index is -0.366. The number of carbonyl (C=O) groups is 2. The van der Waals surface area contributed by atoms with Crippen molar-refractivity contribution in [2.24, 2.45) is 0 Å². The predicted octanol–water partition coefficient (Wildman–Crippen LogP) is 4.71. The summed E-state index contributed by atoms with van der Waals surface area (Å²) < 4.78 is 5.36. The second kappa shape index (κ2) is 8.79. The first-order valence-electron chi connectivity index (χ1n) is 9.63. The number of thioether (sulfide) groups is 1. The third-order valence-electron chi connectivity index (χ3n) is 5.22. The quantitative estimate of drug-likeness (QED) is 0.554. The van der Waals surface area contributed by atoms with Gasteiger partial charge in [0.1, 0.15) is 12.3 Å². The van der Waals surface area contributed by atoms with Crippen LogP contribution in [0, 0.1) is 6.92 Å². The molecule has 0 saturated heterocycles. The maximum Gasteiger partial charge on any atom is 0.355 e. The fourth-order valence-electron chi connectivity index (χ4n) is 3.71. The monoisotopic (exact) mass is 385 g/mol. The number of ketones is 1. The molecule has 1 aromatic heterocycles. The third-order valence-corrected chi connectivity index (χ3v) is 6.08. The van der Waals surface area contributed by atoms with Crippen molar-refractivity contribution in [2.45, 2.75) is 46.0 Å². The third kappa shape index (κ3) is 4.29. The Morgan fingerprint density at radius 1 is 1.22 bits per heavy atom. The molecule has 0 radical (unpaired) electrons. The summed E-state index contributed by atoms with van der Waals surface area (Å²) in [6, 6.07) is 8.51. The minimum Gasteiger partial charge on any atom is -0.460 e. The van der Waals surface area contributed by atoms with Crippen LogP contribution in [0.4, 0.5) is 0 Å². The van der Waals surface area contributed by atoms with E-state index in [9.17, 15) is 9.59 Å². The molecule has 1 heterocycles. The highest BCUT2D eigenvalue weighted by molar-refractivity contribution is 7.99. The van der Waals surface area contributed by atoms with Gasteiger partial charge in [0.15, 0.2) is 5.78 Å². The molecule has 0 spiro atoms. The second-order valence-electron chi connectivity index (χ2n) is 6.93. The van der Waals surface area contributed by atoms with Crippen molar-refractivity contribution in [3.63, 3.8) is 0 Å². The number of H-pyrrole nitrogens is 1. The van der Waals surface area contributed by atoms with Crippen molar-refractivity contribution in [1.82, 2.24) is 4.98 Å². The average molecular weight is 386 g/mol. The molecule has 4 nitrogen and oxygen atoms in total. The Hall–Kier alpha value is -2.01. The highest BCUT2D eigenvalue weighted by atomic mass is 32.2. The van der Waals surface area contributed by atoms with E-state index in [2.05, 4.69) is 43.1 Å². The number of benzene rings is 1. The van der Waals surface area contributed by atoms with Gasteiger partial charge in [0.25, 0.3) is 0 Å². The molecule has 3 rings (SSSR count). The van der Waals surface area contributed by atoms with Crippen molar-refractivity contribution >= 4 is 23.5 Å². The number of aromatic nitrogens is 1. The molecule has 0 unspecified atom stereocenters. The van der Waals surface area contributed by atoms with Crippen molar-refractivity contribution in [2.75, 3.05) is 18.1 Å². The molecule has 5 heteroatoms. The number of esters is 1. The van der Waals surface area contributed by atoms with Gasteiger partial charge in [-0.05, 0) is 48.1 Å². The second-order valence-corrected chi connectivity index (χ2v) is 8.33. The van der Waals surface area contributed by atoms with Gasteiger partial charge in [0, 0.05) is 23.4 Å². The van der Waals surface area contributed by atoms with E-state index >= 15 is 0 Å². The van der Waals surface area contributed by atoms with E-state index in [-0.39, 0.29) is 17.7 Å². The van der Waals surface area contributed by atoms with Gasteiger partial charge in [-0.2, -0.15) is 11.8 Å². The number of nitrogens with one attached hydrogen (secondary N) is 1. The maximum absolute atomic E-state index is 12.8. The predicted molar refractivity (Wildman–Crippen MR) is 110 cm³/mol. The van der Waals surface area contributed by atoms with Gasteiger partial charge in [0.2, 0.25) is 0 Å². The first-order valence-corrected chi connectivity index (χ1v) is 10.8. The topological polar surface area (TPSA) is 59.2 Å². The molecule has 1 aromatic carbocycles. The number of hydrogen-bond donors (Lipinski definition) is 1. The minimum absolute atomic E-state index is 0.107. The summed E-state index contributed by atoms with van der Waals surface area (Å²) in [6.45, 7) is 6.43. The highest BCUT2D eigenvalue weighted by Crippen LogP contribution is 2.35. The van der Waals surface area contributed by atoms with E-state index in [0.29, 0.717) is 24.3 Å². The van der Waals surface area contributed by atoms with Crippen LogP contribution in [0.25, 0.3) is 0 Å². The lowest BCUT2D eigenvalue weighted by atomic mass is 9.81. The molecule has 0 saturated carbocycles. The van der Waals surface area contributed by atoms with E-state index in [1.54, 1.807) is 11.8 Å². The Bertz CT molecular complexity index is 823. The molecule has 1 N–H and O–H groups in total. The van der Waals surface area contributed by atoms with Crippen LogP contribution in [-0.2, 0) is 17.6 Å². The molecule has 144 valence electrons. The number of hydrogen-bond acceptors (Lipinski definition) is 4. The number of fused-ring (bicyclic) bond motifs is 1. The first-order chi connectivity index (χ1) is 13.0. The normalized spacial score (nSPS) is 16.3. The molecule has 0 bridgehead atoms. The Balaban J connectivity index is 1.77. The fourth-order valence-corrected chi connectivity index (χ4v) is 4.20. The van der Waals surface area contributed by atoms with E-state index in [1.165, 1.54) is 11.1 Å². The molecule has 1 aliphatic carbocycles. The highest BCUT2D eigenvalue weighted by Gasteiger charge is 2.32. The lowest BCUT2D eigenvalue weighted by Crippen LogP contribution is -2.18. The maximum atomic E-state index is 12.8. The van der Waals surface area contributed by atoms with Crippen LogP contribution in [0.5, 0.6) is 0 Å².